The normalized spacial score (nSPS) is 16.8. The number of carbonyl (C=O) groups is 2. The number of ketones is 1. The fourth-order valence-corrected chi connectivity index (χ4v) is 4.70. The van der Waals surface area contributed by atoms with Crippen LogP contribution in [0.25, 0.3) is 11.0 Å². The lowest BCUT2D eigenvalue weighted by molar-refractivity contribution is -0.130. The van der Waals surface area contributed by atoms with Crippen LogP contribution >= 0.6 is 27.3 Å². The van der Waals surface area contributed by atoms with Crippen LogP contribution in [0.2, 0.25) is 0 Å². The first kappa shape index (κ1) is 18.9. The van der Waals surface area contributed by atoms with Crippen LogP contribution in [0.1, 0.15) is 27.2 Å². The third-order valence-corrected chi connectivity index (χ3v) is 6.32. The number of hydrogen-bond acceptors (Lipinski definition) is 6. The van der Waals surface area contributed by atoms with E-state index in [4.69, 9.17) is 8.83 Å². The van der Waals surface area contributed by atoms with Crippen LogP contribution in [0.3, 0.4) is 0 Å². The molecular weight excluding hydrogens is 470 g/mol. The van der Waals surface area contributed by atoms with Crippen molar-refractivity contribution in [3.63, 3.8) is 0 Å². The smallest absolute Gasteiger partial charge is 0.290 e. The molecular formula is C22H14BrNO5S. The Morgan fingerprint density at radius 1 is 1.20 bits per heavy atom. The molecule has 1 amide bonds. The summed E-state index contributed by atoms with van der Waals surface area (Å²) in [7, 11) is 0. The molecule has 5 rings (SSSR count). The standard InChI is InChI=1S/C22H14BrNO5S/c23-13-5-6-15-12(9-13)10-17(29-15)20(25)18-19(16-4-1-7-28-16)24(22(27)21(18)26)11-14-3-2-8-30-14/h1-10,19,26H,11H2. The zero-order chi connectivity index (χ0) is 20.8. The lowest BCUT2D eigenvalue weighted by atomic mass is 9.99. The van der Waals surface area contributed by atoms with E-state index in [9.17, 15) is 14.7 Å². The Bertz CT molecular complexity index is 1290. The Balaban J connectivity index is 1.58. The number of Topliss-reactive ketones (excluding diaryl/α,β-unsaturated/α-hetero) is 1. The molecule has 3 aromatic heterocycles. The van der Waals surface area contributed by atoms with Crippen LogP contribution in [0.5, 0.6) is 0 Å². The summed E-state index contributed by atoms with van der Waals surface area (Å²) in [6.07, 6.45) is 1.47. The maximum Gasteiger partial charge on any atom is 0.290 e. The van der Waals surface area contributed by atoms with Crippen molar-refractivity contribution < 1.29 is 23.5 Å². The number of thiophene rings is 1. The van der Waals surface area contributed by atoms with E-state index in [1.807, 2.05) is 29.6 Å². The first-order valence-electron chi connectivity index (χ1n) is 9.06. The van der Waals surface area contributed by atoms with E-state index in [1.54, 1.807) is 24.3 Å². The molecule has 0 aliphatic carbocycles. The molecule has 4 aromatic rings. The van der Waals surface area contributed by atoms with E-state index in [0.29, 0.717) is 11.3 Å². The predicted octanol–water partition coefficient (Wildman–Crippen LogP) is 5.63. The second-order valence-electron chi connectivity index (χ2n) is 6.81. The number of aliphatic hydroxyl groups is 1. The van der Waals surface area contributed by atoms with Gasteiger partial charge in [-0.15, -0.1) is 11.3 Å². The second kappa shape index (κ2) is 7.30. The highest BCUT2D eigenvalue weighted by Gasteiger charge is 2.46. The summed E-state index contributed by atoms with van der Waals surface area (Å²) in [6.45, 7) is 0.246. The first-order valence-corrected chi connectivity index (χ1v) is 10.7. The number of furan rings is 2. The minimum Gasteiger partial charge on any atom is -0.503 e. The van der Waals surface area contributed by atoms with Gasteiger partial charge < -0.3 is 18.8 Å². The molecule has 150 valence electrons. The Morgan fingerprint density at radius 3 is 2.80 bits per heavy atom. The molecule has 1 N–H and O–H groups in total. The van der Waals surface area contributed by atoms with Gasteiger partial charge in [0.25, 0.3) is 5.91 Å². The highest BCUT2D eigenvalue weighted by atomic mass is 79.9. The number of carbonyl (C=O) groups excluding carboxylic acids is 2. The molecule has 0 spiro atoms. The Morgan fingerprint density at radius 2 is 2.07 bits per heavy atom. The summed E-state index contributed by atoms with van der Waals surface area (Å²) in [5, 5.41) is 13.3. The van der Waals surface area contributed by atoms with Crippen LogP contribution in [0.4, 0.5) is 0 Å². The fraction of sp³-hybridized carbons (Fsp3) is 0.0909. The quantitative estimate of drug-likeness (QED) is 0.372. The molecule has 0 fully saturated rings. The van der Waals surface area contributed by atoms with Crippen molar-refractivity contribution in [2.45, 2.75) is 12.6 Å². The predicted molar refractivity (Wildman–Crippen MR) is 114 cm³/mol. The third kappa shape index (κ3) is 3.09. The van der Waals surface area contributed by atoms with Gasteiger partial charge in [-0.1, -0.05) is 22.0 Å². The van der Waals surface area contributed by atoms with Crippen molar-refractivity contribution in [1.82, 2.24) is 4.90 Å². The van der Waals surface area contributed by atoms with Gasteiger partial charge in [-0.2, -0.15) is 0 Å². The summed E-state index contributed by atoms with van der Waals surface area (Å²) >= 11 is 4.89. The summed E-state index contributed by atoms with van der Waals surface area (Å²) in [4.78, 5) is 28.6. The number of aliphatic hydroxyl groups excluding tert-OH is 1. The molecule has 1 aliphatic heterocycles. The van der Waals surface area contributed by atoms with Gasteiger partial charge in [0.05, 0.1) is 18.4 Å². The largest absolute Gasteiger partial charge is 0.503 e. The summed E-state index contributed by atoms with van der Waals surface area (Å²) in [6, 6.07) is 13.3. The molecule has 4 heterocycles. The molecule has 1 unspecified atom stereocenters. The molecule has 8 heteroatoms. The fourth-order valence-electron chi connectivity index (χ4n) is 3.62. The highest BCUT2D eigenvalue weighted by Crippen LogP contribution is 2.41. The average molecular weight is 484 g/mol. The van der Waals surface area contributed by atoms with Gasteiger partial charge >= 0.3 is 0 Å². The van der Waals surface area contributed by atoms with E-state index in [-0.39, 0.29) is 17.9 Å². The molecule has 0 saturated heterocycles. The van der Waals surface area contributed by atoms with E-state index in [2.05, 4.69) is 15.9 Å². The molecule has 1 aromatic carbocycles. The number of halogens is 1. The van der Waals surface area contributed by atoms with Crippen LogP contribution < -0.4 is 0 Å². The van der Waals surface area contributed by atoms with Crippen molar-refractivity contribution in [3.8, 4) is 0 Å². The van der Waals surface area contributed by atoms with Gasteiger partial charge in [0.2, 0.25) is 5.78 Å². The van der Waals surface area contributed by atoms with Gasteiger partial charge in [0.15, 0.2) is 11.5 Å². The van der Waals surface area contributed by atoms with Crippen molar-refractivity contribution in [2.24, 2.45) is 0 Å². The molecule has 0 radical (unpaired) electrons. The maximum absolute atomic E-state index is 13.4. The van der Waals surface area contributed by atoms with Crippen molar-refractivity contribution in [2.75, 3.05) is 0 Å². The van der Waals surface area contributed by atoms with Gasteiger partial charge in [0, 0.05) is 14.7 Å². The van der Waals surface area contributed by atoms with Crippen molar-refractivity contribution >= 4 is 49.9 Å². The van der Waals surface area contributed by atoms with Gasteiger partial charge in [-0.3, -0.25) is 9.59 Å². The number of rotatable bonds is 5. The molecule has 1 aliphatic rings. The van der Waals surface area contributed by atoms with Crippen LogP contribution in [-0.2, 0) is 11.3 Å². The Labute approximate surface area is 183 Å². The first-order chi connectivity index (χ1) is 14.5. The molecule has 0 bridgehead atoms. The monoisotopic (exact) mass is 483 g/mol. The second-order valence-corrected chi connectivity index (χ2v) is 8.76. The zero-order valence-electron chi connectivity index (χ0n) is 15.4. The van der Waals surface area contributed by atoms with Crippen LogP contribution in [-0.4, -0.2) is 21.7 Å². The van der Waals surface area contributed by atoms with Crippen LogP contribution in [0, 0.1) is 0 Å². The number of nitrogens with zero attached hydrogens (tertiary/aromatic N) is 1. The SMILES string of the molecule is O=C(C1=C(O)C(=O)N(Cc2cccs2)C1c1ccco1)c1cc2cc(Br)ccc2o1. The van der Waals surface area contributed by atoms with Gasteiger partial charge in [0.1, 0.15) is 17.4 Å². The average Bonchev–Trinajstić information content (AvgIpc) is 3.52. The lowest BCUT2D eigenvalue weighted by Gasteiger charge is -2.24. The number of fused-ring (bicyclic) bond motifs is 1. The summed E-state index contributed by atoms with van der Waals surface area (Å²) in [5.74, 6) is -1.31. The van der Waals surface area contributed by atoms with E-state index in [1.165, 1.54) is 22.5 Å². The molecule has 0 saturated carbocycles. The maximum atomic E-state index is 13.4. The van der Waals surface area contributed by atoms with Crippen molar-refractivity contribution in [1.29, 1.82) is 0 Å². The summed E-state index contributed by atoms with van der Waals surface area (Å²) in [5.41, 5.74) is 0.487. The minimum atomic E-state index is -0.845. The third-order valence-electron chi connectivity index (χ3n) is 4.97. The van der Waals surface area contributed by atoms with Gasteiger partial charge in [-0.05, 0) is 47.8 Å². The van der Waals surface area contributed by atoms with Crippen molar-refractivity contribution in [3.05, 3.63) is 92.4 Å². The van der Waals surface area contributed by atoms with E-state index < -0.39 is 23.5 Å². The Kier molecular flexibility index (Phi) is 4.60. The number of hydrogen-bond donors (Lipinski definition) is 1. The number of benzene rings is 1. The van der Waals surface area contributed by atoms with E-state index in [0.717, 1.165) is 14.7 Å². The zero-order valence-corrected chi connectivity index (χ0v) is 17.8. The molecule has 6 nitrogen and oxygen atoms in total. The number of amides is 1. The summed E-state index contributed by atoms with van der Waals surface area (Å²) < 4.78 is 12.1. The van der Waals surface area contributed by atoms with E-state index >= 15 is 0 Å². The molecule has 30 heavy (non-hydrogen) atoms. The lowest BCUT2D eigenvalue weighted by Crippen LogP contribution is -2.30. The van der Waals surface area contributed by atoms with Gasteiger partial charge in [-0.25, -0.2) is 0 Å². The topological polar surface area (TPSA) is 83.9 Å². The highest BCUT2D eigenvalue weighted by molar-refractivity contribution is 9.10. The van der Waals surface area contributed by atoms with Crippen LogP contribution in [0.15, 0.2) is 84.8 Å². The Hall–Kier alpha value is -3.10. The minimum absolute atomic E-state index is 0.0481. The molecule has 1 atom stereocenters.